The van der Waals surface area contributed by atoms with E-state index in [1.165, 1.54) is 4.31 Å². The Morgan fingerprint density at radius 3 is 1.83 bits per heavy atom. The fraction of sp³-hybridized carbons (Fsp3) is 0.174. The van der Waals surface area contributed by atoms with Crippen LogP contribution < -0.4 is 4.74 Å². The van der Waals surface area contributed by atoms with E-state index in [2.05, 4.69) is 0 Å². The minimum Gasteiger partial charge on any atom is -0.457 e. The predicted octanol–water partition coefficient (Wildman–Crippen LogP) is 3.63. The van der Waals surface area contributed by atoms with Crippen LogP contribution in [0.1, 0.15) is 10.4 Å². The SMILES string of the molecule is O=C(c1ccc(Oc2ccccc2)cc1)N1CCN(S(=O)(=O)c2ccccc2)CC1. The molecule has 1 aliphatic heterocycles. The van der Waals surface area contributed by atoms with Gasteiger partial charge in [0.05, 0.1) is 4.90 Å². The van der Waals surface area contributed by atoms with Crippen LogP contribution in [0.5, 0.6) is 11.5 Å². The summed E-state index contributed by atoms with van der Waals surface area (Å²) >= 11 is 0. The zero-order chi connectivity index (χ0) is 21.0. The Labute approximate surface area is 176 Å². The maximum absolute atomic E-state index is 12.8. The average molecular weight is 423 g/mol. The fourth-order valence-electron chi connectivity index (χ4n) is 3.35. The molecule has 0 unspecified atom stereocenters. The second-order valence-corrected chi connectivity index (χ2v) is 8.89. The predicted molar refractivity (Wildman–Crippen MR) is 114 cm³/mol. The first kappa shape index (κ1) is 20.1. The summed E-state index contributed by atoms with van der Waals surface area (Å²) in [6.45, 7) is 1.26. The first-order chi connectivity index (χ1) is 14.5. The van der Waals surface area contributed by atoms with Crippen molar-refractivity contribution in [1.29, 1.82) is 0 Å². The molecule has 3 aromatic rings. The van der Waals surface area contributed by atoms with Crippen molar-refractivity contribution in [3.8, 4) is 11.5 Å². The van der Waals surface area contributed by atoms with Gasteiger partial charge in [-0.05, 0) is 48.5 Å². The Hall–Kier alpha value is -3.16. The van der Waals surface area contributed by atoms with Gasteiger partial charge in [0.1, 0.15) is 11.5 Å². The van der Waals surface area contributed by atoms with Crippen molar-refractivity contribution in [3.63, 3.8) is 0 Å². The highest BCUT2D eigenvalue weighted by molar-refractivity contribution is 7.89. The van der Waals surface area contributed by atoms with E-state index in [1.54, 1.807) is 59.5 Å². The smallest absolute Gasteiger partial charge is 0.253 e. The fourth-order valence-corrected chi connectivity index (χ4v) is 4.79. The van der Waals surface area contributed by atoms with Crippen molar-refractivity contribution in [2.45, 2.75) is 4.90 Å². The van der Waals surface area contributed by atoms with E-state index in [0.29, 0.717) is 24.4 Å². The molecule has 1 fully saturated rings. The molecule has 6 nitrogen and oxygen atoms in total. The molecule has 0 N–H and O–H groups in total. The van der Waals surface area contributed by atoms with Gasteiger partial charge >= 0.3 is 0 Å². The van der Waals surface area contributed by atoms with Crippen LogP contribution in [0, 0.1) is 0 Å². The lowest BCUT2D eigenvalue weighted by atomic mass is 10.2. The Morgan fingerprint density at radius 1 is 0.700 bits per heavy atom. The first-order valence-corrected chi connectivity index (χ1v) is 11.2. The molecule has 0 bridgehead atoms. The summed E-state index contributed by atoms with van der Waals surface area (Å²) in [5, 5.41) is 0. The van der Waals surface area contributed by atoms with Crippen molar-refractivity contribution in [3.05, 3.63) is 90.5 Å². The largest absolute Gasteiger partial charge is 0.457 e. The number of hydrogen-bond acceptors (Lipinski definition) is 4. The Morgan fingerprint density at radius 2 is 1.23 bits per heavy atom. The van der Waals surface area contributed by atoms with Crippen LogP contribution in [0.2, 0.25) is 0 Å². The molecule has 4 rings (SSSR count). The van der Waals surface area contributed by atoms with Gasteiger partial charge < -0.3 is 9.64 Å². The van der Waals surface area contributed by atoms with Crippen LogP contribution in [0.4, 0.5) is 0 Å². The number of amides is 1. The normalized spacial score (nSPS) is 15.0. The van der Waals surface area contributed by atoms with Gasteiger partial charge in [0, 0.05) is 31.7 Å². The lowest BCUT2D eigenvalue weighted by Gasteiger charge is -2.34. The number of nitrogens with zero attached hydrogens (tertiary/aromatic N) is 2. The van der Waals surface area contributed by atoms with Crippen molar-refractivity contribution >= 4 is 15.9 Å². The molecule has 0 radical (unpaired) electrons. The zero-order valence-corrected chi connectivity index (χ0v) is 17.2. The first-order valence-electron chi connectivity index (χ1n) is 9.71. The second-order valence-electron chi connectivity index (χ2n) is 6.95. The van der Waals surface area contributed by atoms with E-state index in [9.17, 15) is 13.2 Å². The molecule has 1 saturated heterocycles. The molecule has 1 aliphatic rings. The number of ether oxygens (including phenoxy) is 1. The highest BCUT2D eigenvalue weighted by atomic mass is 32.2. The molecule has 0 saturated carbocycles. The van der Waals surface area contributed by atoms with Gasteiger partial charge in [-0.1, -0.05) is 36.4 Å². The van der Waals surface area contributed by atoms with Crippen molar-refractivity contribution in [2.24, 2.45) is 0 Å². The molecule has 3 aromatic carbocycles. The molecule has 1 heterocycles. The van der Waals surface area contributed by atoms with Gasteiger partial charge in [0.25, 0.3) is 5.91 Å². The lowest BCUT2D eigenvalue weighted by molar-refractivity contribution is 0.0698. The van der Waals surface area contributed by atoms with Crippen LogP contribution >= 0.6 is 0 Å². The minimum absolute atomic E-state index is 0.113. The number of benzene rings is 3. The van der Waals surface area contributed by atoms with Gasteiger partial charge in [-0.2, -0.15) is 4.31 Å². The summed E-state index contributed by atoms with van der Waals surface area (Å²) in [7, 11) is -3.53. The summed E-state index contributed by atoms with van der Waals surface area (Å²) in [5.41, 5.74) is 0.551. The summed E-state index contributed by atoms with van der Waals surface area (Å²) in [4.78, 5) is 14.8. The number of sulfonamides is 1. The third kappa shape index (κ3) is 4.37. The number of hydrogen-bond donors (Lipinski definition) is 0. The number of carbonyl (C=O) groups is 1. The van der Waals surface area contributed by atoms with Gasteiger partial charge in [-0.25, -0.2) is 8.42 Å². The van der Waals surface area contributed by atoms with Gasteiger partial charge in [-0.3, -0.25) is 4.79 Å². The number of piperazine rings is 1. The molecule has 7 heteroatoms. The molecule has 1 amide bonds. The van der Waals surface area contributed by atoms with Crippen LogP contribution in [-0.2, 0) is 10.0 Å². The Bertz CT molecular complexity index is 1090. The van der Waals surface area contributed by atoms with Gasteiger partial charge in [-0.15, -0.1) is 0 Å². The van der Waals surface area contributed by atoms with Crippen LogP contribution in [0.15, 0.2) is 89.8 Å². The van der Waals surface area contributed by atoms with E-state index < -0.39 is 10.0 Å². The zero-order valence-electron chi connectivity index (χ0n) is 16.3. The third-order valence-corrected chi connectivity index (χ3v) is 6.90. The van der Waals surface area contributed by atoms with Gasteiger partial charge in [0.2, 0.25) is 10.0 Å². The van der Waals surface area contributed by atoms with Crippen LogP contribution in [-0.4, -0.2) is 49.7 Å². The van der Waals surface area contributed by atoms with E-state index >= 15 is 0 Å². The maximum atomic E-state index is 12.8. The molecule has 154 valence electrons. The van der Waals surface area contributed by atoms with E-state index in [1.807, 2.05) is 30.3 Å². The molecule has 30 heavy (non-hydrogen) atoms. The molecule has 0 atom stereocenters. The highest BCUT2D eigenvalue weighted by Gasteiger charge is 2.30. The van der Waals surface area contributed by atoms with Crippen molar-refractivity contribution < 1.29 is 17.9 Å². The van der Waals surface area contributed by atoms with Crippen LogP contribution in [0.25, 0.3) is 0 Å². The summed E-state index contributed by atoms with van der Waals surface area (Å²) in [6, 6.07) is 24.8. The number of rotatable bonds is 5. The van der Waals surface area contributed by atoms with E-state index in [0.717, 1.165) is 5.75 Å². The molecule has 0 spiro atoms. The summed E-state index contributed by atoms with van der Waals surface area (Å²) in [6.07, 6.45) is 0. The molecular weight excluding hydrogens is 400 g/mol. The van der Waals surface area contributed by atoms with E-state index in [4.69, 9.17) is 4.74 Å². The molecule has 0 aliphatic carbocycles. The molecule has 0 aromatic heterocycles. The number of para-hydroxylation sites is 1. The average Bonchev–Trinajstić information content (AvgIpc) is 2.80. The summed E-state index contributed by atoms with van der Waals surface area (Å²) < 4.78 is 32.6. The topological polar surface area (TPSA) is 66.9 Å². The molecular formula is C23H22N2O4S. The Balaban J connectivity index is 1.37. The van der Waals surface area contributed by atoms with Crippen LogP contribution in [0.3, 0.4) is 0 Å². The van der Waals surface area contributed by atoms with Crippen molar-refractivity contribution in [2.75, 3.05) is 26.2 Å². The summed E-state index contributed by atoms with van der Waals surface area (Å²) in [5.74, 6) is 1.27. The lowest BCUT2D eigenvalue weighted by Crippen LogP contribution is -2.50. The number of carbonyl (C=O) groups excluding carboxylic acids is 1. The van der Waals surface area contributed by atoms with Gasteiger partial charge in [0.15, 0.2) is 0 Å². The highest BCUT2D eigenvalue weighted by Crippen LogP contribution is 2.22. The quantitative estimate of drug-likeness (QED) is 0.630. The van der Waals surface area contributed by atoms with Crippen molar-refractivity contribution in [1.82, 2.24) is 9.21 Å². The van der Waals surface area contributed by atoms with E-state index in [-0.39, 0.29) is 23.9 Å². The monoisotopic (exact) mass is 422 g/mol. The minimum atomic E-state index is -3.53. The third-order valence-electron chi connectivity index (χ3n) is 4.99. The maximum Gasteiger partial charge on any atom is 0.253 e. The standard InChI is InChI=1S/C23H22N2O4S/c26-23(19-11-13-21(14-12-19)29-20-7-3-1-4-8-20)24-15-17-25(18-16-24)30(27,28)22-9-5-2-6-10-22/h1-14H,15-18H2. The second kappa shape index (κ2) is 8.69. The Kier molecular flexibility index (Phi) is 5.83.